The number of nitrogens with two attached hydrogens (primary N) is 1. The van der Waals surface area contributed by atoms with E-state index in [1.807, 2.05) is 19.9 Å². The zero-order chi connectivity index (χ0) is 12.6. The van der Waals surface area contributed by atoms with Gasteiger partial charge in [-0.05, 0) is 43.5 Å². The number of rotatable bonds is 2. The molecule has 1 aromatic rings. The van der Waals surface area contributed by atoms with E-state index in [0.717, 1.165) is 17.5 Å². The fourth-order valence-electron chi connectivity index (χ4n) is 2.00. The highest BCUT2D eigenvalue weighted by molar-refractivity contribution is 7.89. The molecule has 102 valence electrons. The van der Waals surface area contributed by atoms with Crippen molar-refractivity contribution in [1.29, 1.82) is 0 Å². The normalized spacial score (nSPS) is 20.7. The summed E-state index contributed by atoms with van der Waals surface area (Å²) in [5.41, 5.74) is 7.84. The molecule has 0 aliphatic carbocycles. The molecule has 1 saturated heterocycles. The average molecular weight is 291 g/mol. The van der Waals surface area contributed by atoms with Crippen LogP contribution >= 0.6 is 12.4 Å². The molecule has 1 aromatic carbocycles. The first-order valence-electron chi connectivity index (χ1n) is 5.74. The molecule has 0 radical (unpaired) electrons. The van der Waals surface area contributed by atoms with Gasteiger partial charge in [0.1, 0.15) is 0 Å². The molecule has 0 amide bonds. The second-order valence-corrected chi connectivity index (χ2v) is 6.60. The lowest BCUT2D eigenvalue weighted by Gasteiger charge is -2.16. The number of benzene rings is 1. The smallest absolute Gasteiger partial charge is 0.243 e. The van der Waals surface area contributed by atoms with Crippen molar-refractivity contribution < 1.29 is 8.42 Å². The van der Waals surface area contributed by atoms with Crippen molar-refractivity contribution in [3.05, 3.63) is 29.3 Å². The van der Waals surface area contributed by atoms with Crippen LogP contribution in [0.15, 0.2) is 23.1 Å². The van der Waals surface area contributed by atoms with Gasteiger partial charge < -0.3 is 5.73 Å². The summed E-state index contributed by atoms with van der Waals surface area (Å²) >= 11 is 0. The predicted molar refractivity (Wildman–Crippen MR) is 74.5 cm³/mol. The van der Waals surface area contributed by atoms with Crippen molar-refractivity contribution in [2.45, 2.75) is 31.2 Å². The summed E-state index contributed by atoms with van der Waals surface area (Å²) in [4.78, 5) is 0.370. The summed E-state index contributed by atoms with van der Waals surface area (Å²) < 4.78 is 26.1. The maximum absolute atomic E-state index is 12.3. The van der Waals surface area contributed by atoms with Gasteiger partial charge in [-0.2, -0.15) is 4.31 Å². The standard InChI is InChI=1S/C12H18N2O2S.ClH/c1-9-3-4-12(7-10(9)2)17(15,16)14-6-5-11(13)8-14;/h3-4,7,11H,5-6,8,13H2,1-2H3;1H/t11-;/m1./s1. The van der Waals surface area contributed by atoms with Gasteiger partial charge in [0.25, 0.3) is 0 Å². The second kappa shape index (κ2) is 5.57. The van der Waals surface area contributed by atoms with Gasteiger partial charge in [0, 0.05) is 19.1 Å². The monoisotopic (exact) mass is 290 g/mol. The molecule has 1 aliphatic rings. The van der Waals surface area contributed by atoms with E-state index in [2.05, 4.69) is 0 Å². The molecule has 4 nitrogen and oxygen atoms in total. The summed E-state index contributed by atoms with van der Waals surface area (Å²) in [6.07, 6.45) is 0.740. The Morgan fingerprint density at radius 1 is 1.28 bits per heavy atom. The van der Waals surface area contributed by atoms with Crippen LogP contribution in [-0.2, 0) is 10.0 Å². The fourth-order valence-corrected chi connectivity index (χ4v) is 3.59. The predicted octanol–water partition coefficient (Wildman–Crippen LogP) is 1.45. The first kappa shape index (κ1) is 15.4. The minimum atomic E-state index is -3.36. The first-order valence-corrected chi connectivity index (χ1v) is 7.18. The van der Waals surface area contributed by atoms with E-state index in [-0.39, 0.29) is 18.4 Å². The zero-order valence-electron chi connectivity index (χ0n) is 10.6. The summed E-state index contributed by atoms with van der Waals surface area (Å²) in [5.74, 6) is 0. The Balaban J connectivity index is 0.00000162. The topological polar surface area (TPSA) is 63.4 Å². The van der Waals surface area contributed by atoms with Gasteiger partial charge in [-0.25, -0.2) is 8.42 Å². The minimum Gasteiger partial charge on any atom is -0.326 e. The molecule has 0 spiro atoms. The summed E-state index contributed by atoms with van der Waals surface area (Å²) in [7, 11) is -3.36. The molecule has 1 atom stereocenters. The third-order valence-electron chi connectivity index (χ3n) is 3.30. The maximum Gasteiger partial charge on any atom is 0.243 e. The molecule has 0 bridgehead atoms. The van der Waals surface area contributed by atoms with Crippen LogP contribution in [0.1, 0.15) is 17.5 Å². The minimum absolute atomic E-state index is 0. The molecular weight excluding hydrogens is 272 g/mol. The van der Waals surface area contributed by atoms with Crippen molar-refractivity contribution in [3.63, 3.8) is 0 Å². The number of aryl methyl sites for hydroxylation is 2. The van der Waals surface area contributed by atoms with E-state index in [1.54, 1.807) is 12.1 Å². The Bertz CT molecular complexity index is 531. The van der Waals surface area contributed by atoms with Crippen LogP contribution in [0.2, 0.25) is 0 Å². The summed E-state index contributed by atoms with van der Waals surface area (Å²) in [5, 5.41) is 0. The Labute approximate surface area is 115 Å². The van der Waals surface area contributed by atoms with Crippen molar-refractivity contribution in [1.82, 2.24) is 4.31 Å². The van der Waals surface area contributed by atoms with E-state index in [9.17, 15) is 8.42 Å². The molecule has 2 rings (SSSR count). The third kappa shape index (κ3) is 2.85. The van der Waals surface area contributed by atoms with Gasteiger partial charge in [0.2, 0.25) is 10.0 Å². The number of hydrogen-bond donors (Lipinski definition) is 1. The first-order chi connectivity index (χ1) is 7.91. The second-order valence-electron chi connectivity index (χ2n) is 4.66. The third-order valence-corrected chi connectivity index (χ3v) is 5.16. The van der Waals surface area contributed by atoms with Crippen LogP contribution in [-0.4, -0.2) is 31.9 Å². The molecule has 0 unspecified atom stereocenters. The quantitative estimate of drug-likeness (QED) is 0.896. The molecule has 1 fully saturated rings. The zero-order valence-corrected chi connectivity index (χ0v) is 12.2. The number of halogens is 1. The van der Waals surface area contributed by atoms with Crippen LogP contribution in [0.4, 0.5) is 0 Å². The Morgan fingerprint density at radius 3 is 2.44 bits per heavy atom. The molecule has 0 aromatic heterocycles. The lowest BCUT2D eigenvalue weighted by molar-refractivity contribution is 0.472. The van der Waals surface area contributed by atoms with Crippen LogP contribution in [0.3, 0.4) is 0 Å². The van der Waals surface area contributed by atoms with E-state index in [1.165, 1.54) is 4.31 Å². The lowest BCUT2D eigenvalue weighted by Crippen LogP contribution is -2.32. The van der Waals surface area contributed by atoms with Crippen molar-refractivity contribution in [2.75, 3.05) is 13.1 Å². The van der Waals surface area contributed by atoms with Gasteiger partial charge in [0.05, 0.1) is 4.90 Å². The van der Waals surface area contributed by atoms with Crippen molar-refractivity contribution in [2.24, 2.45) is 5.73 Å². The van der Waals surface area contributed by atoms with E-state index in [4.69, 9.17) is 5.73 Å². The SMILES string of the molecule is Cc1ccc(S(=O)(=O)N2CC[C@@H](N)C2)cc1C.Cl. The van der Waals surface area contributed by atoms with Crippen LogP contribution in [0.25, 0.3) is 0 Å². The molecule has 1 aliphatic heterocycles. The summed E-state index contributed by atoms with van der Waals surface area (Å²) in [6, 6.07) is 5.21. The number of hydrogen-bond acceptors (Lipinski definition) is 3. The molecule has 18 heavy (non-hydrogen) atoms. The lowest BCUT2D eigenvalue weighted by atomic mass is 10.1. The van der Waals surface area contributed by atoms with Gasteiger partial charge in [-0.1, -0.05) is 6.07 Å². The molecular formula is C12H19ClN2O2S. The number of nitrogens with zero attached hydrogens (tertiary/aromatic N) is 1. The van der Waals surface area contributed by atoms with Crippen LogP contribution in [0.5, 0.6) is 0 Å². The van der Waals surface area contributed by atoms with Crippen LogP contribution < -0.4 is 5.73 Å². The highest BCUT2D eigenvalue weighted by atomic mass is 35.5. The van der Waals surface area contributed by atoms with Gasteiger partial charge >= 0.3 is 0 Å². The molecule has 0 saturated carbocycles. The number of sulfonamides is 1. The highest BCUT2D eigenvalue weighted by Crippen LogP contribution is 2.22. The summed E-state index contributed by atoms with van der Waals surface area (Å²) in [6.45, 7) is 4.84. The van der Waals surface area contributed by atoms with E-state index >= 15 is 0 Å². The Hall–Kier alpha value is -0.620. The van der Waals surface area contributed by atoms with E-state index in [0.29, 0.717) is 18.0 Å². The van der Waals surface area contributed by atoms with E-state index < -0.39 is 10.0 Å². The molecule has 1 heterocycles. The highest BCUT2D eigenvalue weighted by Gasteiger charge is 2.30. The largest absolute Gasteiger partial charge is 0.326 e. The van der Waals surface area contributed by atoms with Gasteiger partial charge in [-0.15, -0.1) is 12.4 Å². The van der Waals surface area contributed by atoms with Crippen molar-refractivity contribution in [3.8, 4) is 0 Å². The maximum atomic E-state index is 12.3. The molecule has 6 heteroatoms. The van der Waals surface area contributed by atoms with Gasteiger partial charge in [-0.3, -0.25) is 0 Å². The Kier molecular flexibility index (Phi) is 4.78. The fraction of sp³-hybridized carbons (Fsp3) is 0.500. The molecule has 2 N–H and O–H groups in total. The van der Waals surface area contributed by atoms with Crippen LogP contribution in [0, 0.1) is 13.8 Å². The average Bonchev–Trinajstić information content (AvgIpc) is 2.69. The van der Waals surface area contributed by atoms with Crippen molar-refractivity contribution >= 4 is 22.4 Å². The Morgan fingerprint density at radius 2 is 1.94 bits per heavy atom. The van der Waals surface area contributed by atoms with Gasteiger partial charge in [0.15, 0.2) is 0 Å².